The van der Waals surface area contributed by atoms with Gasteiger partial charge in [0.1, 0.15) is 0 Å². The minimum atomic E-state index is 0.325. The van der Waals surface area contributed by atoms with Gasteiger partial charge >= 0.3 is 0 Å². The van der Waals surface area contributed by atoms with Crippen LogP contribution in [0.1, 0.15) is 52.7 Å². The summed E-state index contributed by atoms with van der Waals surface area (Å²) in [6.07, 6.45) is 1.16. The lowest BCUT2D eigenvalue weighted by molar-refractivity contribution is 0.0517. The molecule has 0 saturated carbocycles. The molecular weight excluding hydrogens is 204 g/mol. The Hall–Kier alpha value is -0.780. The van der Waals surface area contributed by atoms with E-state index in [1.54, 1.807) is 0 Å². The van der Waals surface area contributed by atoms with E-state index in [1.807, 2.05) is 0 Å². The molecule has 0 heteroatoms. The maximum atomic E-state index is 2.43. The second-order valence-electron chi connectivity index (χ2n) is 6.98. The van der Waals surface area contributed by atoms with E-state index in [0.717, 1.165) is 6.42 Å². The van der Waals surface area contributed by atoms with Gasteiger partial charge in [0.05, 0.1) is 0 Å². The van der Waals surface area contributed by atoms with Crippen molar-refractivity contribution in [2.24, 2.45) is 16.7 Å². The van der Waals surface area contributed by atoms with E-state index in [2.05, 4.69) is 72.7 Å². The maximum Gasteiger partial charge on any atom is -0.0214 e. The minimum absolute atomic E-state index is 0.325. The van der Waals surface area contributed by atoms with Crippen LogP contribution >= 0.6 is 0 Å². The van der Waals surface area contributed by atoms with Crippen molar-refractivity contribution in [3.8, 4) is 0 Å². The Balaban J connectivity index is 2.99. The monoisotopic (exact) mass is 232 g/mol. The quantitative estimate of drug-likeness (QED) is 0.668. The molecule has 96 valence electrons. The molecule has 1 aromatic rings. The highest BCUT2D eigenvalue weighted by Crippen LogP contribution is 2.46. The van der Waals surface area contributed by atoms with Crippen molar-refractivity contribution < 1.29 is 0 Å². The molecule has 17 heavy (non-hydrogen) atoms. The lowest BCUT2D eigenvalue weighted by Crippen LogP contribution is -2.39. The number of benzene rings is 1. The van der Waals surface area contributed by atoms with Gasteiger partial charge in [0.2, 0.25) is 0 Å². The summed E-state index contributed by atoms with van der Waals surface area (Å²) in [5.41, 5.74) is 3.46. The molecule has 0 aliphatic rings. The van der Waals surface area contributed by atoms with Crippen LogP contribution in [-0.2, 0) is 6.42 Å². The molecule has 0 radical (unpaired) electrons. The molecule has 1 unspecified atom stereocenters. The molecule has 0 spiro atoms. The first-order valence-corrected chi connectivity index (χ1v) is 6.72. The number of rotatable bonds is 3. The number of hydrogen-bond donors (Lipinski definition) is 0. The molecule has 0 saturated heterocycles. The van der Waals surface area contributed by atoms with Crippen molar-refractivity contribution in [3.05, 3.63) is 35.4 Å². The predicted molar refractivity (Wildman–Crippen MR) is 77.3 cm³/mol. The molecule has 0 aliphatic heterocycles. The molecule has 0 nitrogen and oxygen atoms in total. The van der Waals surface area contributed by atoms with E-state index in [-0.39, 0.29) is 0 Å². The second-order valence-corrected chi connectivity index (χ2v) is 6.98. The molecule has 0 aliphatic carbocycles. The first-order chi connectivity index (χ1) is 7.67. The van der Waals surface area contributed by atoms with Gasteiger partial charge in [-0.3, -0.25) is 0 Å². The van der Waals surface area contributed by atoms with Gasteiger partial charge in [0.15, 0.2) is 0 Å². The molecule has 0 fully saturated rings. The maximum absolute atomic E-state index is 2.43. The third kappa shape index (κ3) is 3.12. The van der Waals surface area contributed by atoms with Gasteiger partial charge in [-0.15, -0.1) is 0 Å². The van der Waals surface area contributed by atoms with E-state index >= 15 is 0 Å². The molecule has 1 rings (SSSR count). The van der Waals surface area contributed by atoms with E-state index < -0.39 is 0 Å². The van der Waals surface area contributed by atoms with E-state index in [1.165, 1.54) is 11.1 Å². The molecule has 0 amide bonds. The SMILES string of the molecule is Cc1ccc(CC(C)(C(C)C)C(C)(C)C)cc1. The van der Waals surface area contributed by atoms with Gasteiger partial charge in [-0.25, -0.2) is 0 Å². The van der Waals surface area contributed by atoms with Crippen molar-refractivity contribution in [3.63, 3.8) is 0 Å². The summed E-state index contributed by atoms with van der Waals surface area (Å²) in [6.45, 7) is 16.4. The van der Waals surface area contributed by atoms with Crippen molar-refractivity contribution in [1.29, 1.82) is 0 Å². The number of hydrogen-bond acceptors (Lipinski definition) is 0. The highest BCUT2D eigenvalue weighted by atomic mass is 14.4. The van der Waals surface area contributed by atoms with Gasteiger partial charge in [0, 0.05) is 0 Å². The van der Waals surface area contributed by atoms with Gasteiger partial charge in [-0.1, -0.05) is 71.4 Å². The molecular formula is C17H28. The average molecular weight is 232 g/mol. The van der Waals surface area contributed by atoms with Crippen LogP contribution < -0.4 is 0 Å². The van der Waals surface area contributed by atoms with Crippen LogP contribution in [0.5, 0.6) is 0 Å². The van der Waals surface area contributed by atoms with E-state index in [0.29, 0.717) is 16.7 Å². The first kappa shape index (κ1) is 14.3. The van der Waals surface area contributed by atoms with Gasteiger partial charge in [-0.05, 0) is 35.7 Å². The largest absolute Gasteiger partial charge is 0.0622 e. The average Bonchev–Trinajstić information content (AvgIpc) is 2.19. The summed E-state index contributed by atoms with van der Waals surface area (Å²) in [5, 5.41) is 0. The summed E-state index contributed by atoms with van der Waals surface area (Å²) >= 11 is 0. The van der Waals surface area contributed by atoms with E-state index in [4.69, 9.17) is 0 Å². The van der Waals surface area contributed by atoms with Crippen LogP contribution in [0.15, 0.2) is 24.3 Å². The number of aryl methyl sites for hydroxylation is 1. The molecule has 0 aromatic heterocycles. The van der Waals surface area contributed by atoms with Crippen LogP contribution in [0.4, 0.5) is 0 Å². The fourth-order valence-corrected chi connectivity index (χ4v) is 2.47. The fourth-order valence-electron chi connectivity index (χ4n) is 2.47. The zero-order valence-corrected chi connectivity index (χ0v) is 12.6. The van der Waals surface area contributed by atoms with Crippen LogP contribution in [-0.4, -0.2) is 0 Å². The summed E-state index contributed by atoms with van der Waals surface area (Å²) in [5.74, 6) is 0.684. The molecule has 1 aromatic carbocycles. The van der Waals surface area contributed by atoms with Gasteiger partial charge in [0.25, 0.3) is 0 Å². The minimum Gasteiger partial charge on any atom is -0.0622 e. The third-order valence-corrected chi connectivity index (χ3v) is 4.68. The predicted octanol–water partition coefficient (Wildman–Crippen LogP) is 5.25. The summed E-state index contributed by atoms with van der Waals surface area (Å²) < 4.78 is 0. The lowest BCUT2D eigenvalue weighted by atomic mass is 9.59. The molecule has 0 N–H and O–H groups in total. The molecule has 1 atom stereocenters. The Morgan fingerprint density at radius 2 is 1.41 bits per heavy atom. The summed E-state index contributed by atoms with van der Waals surface area (Å²) in [7, 11) is 0. The van der Waals surface area contributed by atoms with Crippen molar-refractivity contribution in [1.82, 2.24) is 0 Å². The zero-order valence-electron chi connectivity index (χ0n) is 12.6. The van der Waals surface area contributed by atoms with Crippen molar-refractivity contribution in [2.75, 3.05) is 0 Å². The van der Waals surface area contributed by atoms with Crippen LogP contribution in [0.3, 0.4) is 0 Å². The third-order valence-electron chi connectivity index (χ3n) is 4.68. The fraction of sp³-hybridized carbons (Fsp3) is 0.647. The van der Waals surface area contributed by atoms with Crippen LogP contribution in [0.2, 0.25) is 0 Å². The Bertz CT molecular complexity index is 351. The Morgan fingerprint density at radius 3 is 1.76 bits per heavy atom. The van der Waals surface area contributed by atoms with Crippen LogP contribution in [0.25, 0.3) is 0 Å². The Morgan fingerprint density at radius 1 is 0.941 bits per heavy atom. The Kier molecular flexibility index (Phi) is 4.06. The standard InChI is InChI=1S/C17H28/c1-13(2)17(7,16(4,5)6)12-15-10-8-14(3)9-11-15/h8-11,13H,12H2,1-7H3. The van der Waals surface area contributed by atoms with Gasteiger partial charge in [-0.2, -0.15) is 0 Å². The van der Waals surface area contributed by atoms with Crippen molar-refractivity contribution >= 4 is 0 Å². The van der Waals surface area contributed by atoms with Crippen LogP contribution in [0, 0.1) is 23.7 Å². The summed E-state index contributed by atoms with van der Waals surface area (Å²) in [4.78, 5) is 0. The first-order valence-electron chi connectivity index (χ1n) is 6.72. The second kappa shape index (κ2) is 4.84. The highest BCUT2D eigenvalue weighted by Gasteiger charge is 2.39. The van der Waals surface area contributed by atoms with Crippen molar-refractivity contribution in [2.45, 2.75) is 54.9 Å². The smallest absolute Gasteiger partial charge is 0.0214 e. The summed E-state index contributed by atoms with van der Waals surface area (Å²) in [6, 6.07) is 9.00. The zero-order chi connectivity index (χ0) is 13.3. The normalized spacial score (nSPS) is 16.0. The highest BCUT2D eigenvalue weighted by molar-refractivity contribution is 5.23. The topological polar surface area (TPSA) is 0 Å². The molecule has 0 heterocycles. The van der Waals surface area contributed by atoms with E-state index in [9.17, 15) is 0 Å². The molecule has 0 bridgehead atoms. The van der Waals surface area contributed by atoms with Gasteiger partial charge < -0.3 is 0 Å². The lowest BCUT2D eigenvalue weighted by Gasteiger charge is -2.46. The Labute approximate surface area is 107 Å².